The number of nitrogens with one attached hydrogen (secondary N) is 1. The summed E-state index contributed by atoms with van der Waals surface area (Å²) in [5.41, 5.74) is 0.766. The fraction of sp³-hybridized carbons (Fsp3) is 1.00. The molecule has 2 fully saturated rings. The molecule has 0 bridgehead atoms. The van der Waals surface area contributed by atoms with Gasteiger partial charge in [-0.15, -0.1) is 0 Å². The zero-order valence-corrected chi connectivity index (χ0v) is 15.2. The van der Waals surface area contributed by atoms with Gasteiger partial charge >= 0.3 is 0 Å². The lowest BCUT2D eigenvalue weighted by Crippen LogP contribution is -2.53. The van der Waals surface area contributed by atoms with Crippen molar-refractivity contribution in [2.75, 3.05) is 19.6 Å². The normalized spacial score (nSPS) is 31.3. The van der Waals surface area contributed by atoms with Gasteiger partial charge in [-0.25, -0.2) is 0 Å². The van der Waals surface area contributed by atoms with Crippen LogP contribution in [0.5, 0.6) is 0 Å². The number of piperidine rings is 1. The van der Waals surface area contributed by atoms with Crippen LogP contribution in [-0.2, 0) is 0 Å². The first-order valence-corrected chi connectivity index (χ1v) is 9.30. The van der Waals surface area contributed by atoms with Crippen molar-refractivity contribution in [3.8, 4) is 0 Å². The summed E-state index contributed by atoms with van der Waals surface area (Å²) in [6.07, 6.45) is 9.98. The Morgan fingerprint density at radius 3 is 2.33 bits per heavy atom. The number of likely N-dealkylation sites (tertiary alicyclic amines) is 1. The van der Waals surface area contributed by atoms with E-state index in [2.05, 4.69) is 44.8 Å². The second-order valence-electron chi connectivity index (χ2n) is 8.99. The van der Waals surface area contributed by atoms with E-state index in [1.54, 1.807) is 0 Å². The molecule has 2 rings (SSSR count). The molecule has 1 saturated heterocycles. The van der Waals surface area contributed by atoms with Crippen LogP contribution in [0.1, 0.15) is 79.6 Å². The summed E-state index contributed by atoms with van der Waals surface area (Å²) in [5.74, 6) is 0.870. The van der Waals surface area contributed by atoms with Crippen LogP contribution in [0.25, 0.3) is 0 Å². The lowest BCUT2D eigenvalue weighted by Gasteiger charge is -2.47. The van der Waals surface area contributed by atoms with Gasteiger partial charge in [-0.05, 0) is 71.3 Å². The minimum absolute atomic E-state index is 0.241. The third-order valence-corrected chi connectivity index (χ3v) is 5.95. The highest BCUT2D eigenvalue weighted by Gasteiger charge is 2.37. The molecular weight excluding hydrogens is 256 g/mol. The molecule has 0 amide bonds. The van der Waals surface area contributed by atoms with Gasteiger partial charge in [0.1, 0.15) is 0 Å². The van der Waals surface area contributed by atoms with Crippen LogP contribution in [-0.4, -0.2) is 36.1 Å². The van der Waals surface area contributed by atoms with Gasteiger partial charge in [-0.3, -0.25) is 4.90 Å². The van der Waals surface area contributed by atoms with Crippen molar-refractivity contribution in [2.45, 2.75) is 91.1 Å². The Balaban J connectivity index is 2.01. The Morgan fingerprint density at radius 1 is 1.05 bits per heavy atom. The molecule has 0 aromatic rings. The van der Waals surface area contributed by atoms with Crippen molar-refractivity contribution < 1.29 is 0 Å². The van der Waals surface area contributed by atoms with Crippen molar-refractivity contribution in [2.24, 2.45) is 11.3 Å². The maximum absolute atomic E-state index is 3.82. The molecule has 0 aromatic heterocycles. The molecule has 2 nitrogen and oxygen atoms in total. The summed E-state index contributed by atoms with van der Waals surface area (Å²) in [5, 5.41) is 3.82. The van der Waals surface area contributed by atoms with E-state index in [0.29, 0.717) is 5.41 Å². The molecule has 124 valence electrons. The van der Waals surface area contributed by atoms with Gasteiger partial charge < -0.3 is 5.32 Å². The summed E-state index contributed by atoms with van der Waals surface area (Å²) in [6.45, 7) is 15.6. The largest absolute Gasteiger partial charge is 0.311 e. The quantitative estimate of drug-likeness (QED) is 0.824. The lowest BCUT2D eigenvalue weighted by atomic mass is 9.72. The van der Waals surface area contributed by atoms with E-state index in [4.69, 9.17) is 0 Å². The lowest BCUT2D eigenvalue weighted by molar-refractivity contribution is 0.0364. The van der Waals surface area contributed by atoms with Crippen LogP contribution in [0.4, 0.5) is 0 Å². The van der Waals surface area contributed by atoms with Gasteiger partial charge in [0.05, 0.1) is 0 Å². The molecule has 1 heterocycles. The summed E-state index contributed by atoms with van der Waals surface area (Å²) in [6, 6.07) is 0.771. The molecule has 1 N–H and O–H groups in total. The monoisotopic (exact) mass is 294 g/mol. The predicted molar refractivity (Wildman–Crippen MR) is 92.7 cm³/mol. The van der Waals surface area contributed by atoms with Gasteiger partial charge in [0.25, 0.3) is 0 Å². The highest BCUT2D eigenvalue weighted by Crippen LogP contribution is 2.38. The molecule has 1 aliphatic heterocycles. The maximum Gasteiger partial charge on any atom is 0.00967 e. The van der Waals surface area contributed by atoms with Gasteiger partial charge in [0.15, 0.2) is 0 Å². The van der Waals surface area contributed by atoms with Gasteiger partial charge in [-0.1, -0.05) is 26.2 Å². The van der Waals surface area contributed by atoms with E-state index < -0.39 is 0 Å². The third kappa shape index (κ3) is 4.96. The molecule has 1 aliphatic carbocycles. The van der Waals surface area contributed by atoms with E-state index in [1.807, 2.05) is 0 Å². The van der Waals surface area contributed by atoms with E-state index in [9.17, 15) is 0 Å². The van der Waals surface area contributed by atoms with Gasteiger partial charge in [0, 0.05) is 24.7 Å². The van der Waals surface area contributed by atoms with Crippen molar-refractivity contribution in [1.82, 2.24) is 10.2 Å². The Kier molecular flexibility index (Phi) is 5.76. The highest BCUT2D eigenvalue weighted by atomic mass is 15.2. The maximum atomic E-state index is 3.82. The number of nitrogens with zero attached hydrogens (tertiary/aromatic N) is 1. The standard InChI is InChI=1S/C19H38N2/c1-16-10-9-13-21(17(16)2)15-19(11-7-6-8-12-19)14-20-18(3,4)5/h16-17,20H,6-15H2,1-5H3. The van der Waals surface area contributed by atoms with E-state index in [-0.39, 0.29) is 5.54 Å². The van der Waals surface area contributed by atoms with Crippen LogP contribution in [0, 0.1) is 11.3 Å². The van der Waals surface area contributed by atoms with E-state index in [1.165, 1.54) is 64.6 Å². The zero-order chi connectivity index (χ0) is 15.5. The van der Waals surface area contributed by atoms with Crippen molar-refractivity contribution >= 4 is 0 Å². The fourth-order valence-corrected chi connectivity index (χ4v) is 4.22. The summed E-state index contributed by atoms with van der Waals surface area (Å²) in [7, 11) is 0. The van der Waals surface area contributed by atoms with Crippen molar-refractivity contribution in [3.63, 3.8) is 0 Å². The van der Waals surface area contributed by atoms with Crippen LogP contribution in [0.3, 0.4) is 0 Å². The Labute approximate surface area is 133 Å². The molecule has 2 atom stereocenters. The summed E-state index contributed by atoms with van der Waals surface area (Å²) >= 11 is 0. The van der Waals surface area contributed by atoms with E-state index >= 15 is 0 Å². The van der Waals surface area contributed by atoms with Crippen LogP contribution >= 0.6 is 0 Å². The molecule has 2 aliphatic rings. The van der Waals surface area contributed by atoms with E-state index in [0.717, 1.165) is 12.0 Å². The predicted octanol–water partition coefficient (Wildman–Crippen LogP) is 4.45. The molecule has 2 heteroatoms. The topological polar surface area (TPSA) is 15.3 Å². The molecule has 0 aromatic carbocycles. The molecule has 0 radical (unpaired) electrons. The minimum atomic E-state index is 0.241. The van der Waals surface area contributed by atoms with Crippen LogP contribution in [0.2, 0.25) is 0 Å². The number of hydrogen-bond acceptors (Lipinski definition) is 2. The Hall–Kier alpha value is -0.0800. The molecule has 2 unspecified atom stereocenters. The number of hydrogen-bond donors (Lipinski definition) is 1. The minimum Gasteiger partial charge on any atom is -0.311 e. The Morgan fingerprint density at radius 2 is 1.71 bits per heavy atom. The Bertz CT molecular complexity index is 312. The second-order valence-corrected chi connectivity index (χ2v) is 8.99. The van der Waals surface area contributed by atoms with Crippen LogP contribution < -0.4 is 5.32 Å². The zero-order valence-electron chi connectivity index (χ0n) is 15.2. The average molecular weight is 295 g/mol. The van der Waals surface area contributed by atoms with Gasteiger partial charge in [0.2, 0.25) is 0 Å². The summed E-state index contributed by atoms with van der Waals surface area (Å²) < 4.78 is 0. The molecule has 1 saturated carbocycles. The molecule has 0 spiro atoms. The first kappa shape index (κ1) is 17.3. The highest BCUT2D eigenvalue weighted by molar-refractivity contribution is 4.92. The number of rotatable bonds is 4. The SMILES string of the molecule is CC1CCCN(CC2(CNC(C)(C)C)CCCCC2)C1C. The molecule has 21 heavy (non-hydrogen) atoms. The molecular formula is C19H38N2. The van der Waals surface area contributed by atoms with Crippen molar-refractivity contribution in [3.05, 3.63) is 0 Å². The fourth-order valence-electron chi connectivity index (χ4n) is 4.22. The first-order chi connectivity index (χ1) is 9.81. The van der Waals surface area contributed by atoms with Crippen molar-refractivity contribution in [1.29, 1.82) is 0 Å². The first-order valence-electron chi connectivity index (χ1n) is 9.30. The smallest absolute Gasteiger partial charge is 0.00967 e. The third-order valence-electron chi connectivity index (χ3n) is 5.95. The van der Waals surface area contributed by atoms with Crippen LogP contribution in [0.15, 0.2) is 0 Å². The average Bonchev–Trinajstić information content (AvgIpc) is 2.42. The second kappa shape index (κ2) is 7.00. The van der Waals surface area contributed by atoms with Gasteiger partial charge in [-0.2, -0.15) is 0 Å². The summed E-state index contributed by atoms with van der Waals surface area (Å²) in [4.78, 5) is 2.81.